The highest BCUT2D eigenvalue weighted by atomic mass is 32.2. The van der Waals surface area contributed by atoms with Crippen molar-refractivity contribution in [1.82, 2.24) is 5.32 Å². The Hall–Kier alpha value is -2.86. The molecule has 0 aliphatic rings. The normalized spacial score (nSPS) is 11.4. The molecule has 3 rings (SSSR count). The van der Waals surface area contributed by atoms with E-state index in [1.807, 2.05) is 36.4 Å². The van der Waals surface area contributed by atoms with E-state index in [0.29, 0.717) is 23.4 Å². The summed E-state index contributed by atoms with van der Waals surface area (Å²) in [5.41, 5.74) is 2.59. The lowest BCUT2D eigenvalue weighted by molar-refractivity contribution is 0.0950. The van der Waals surface area contributed by atoms with Crippen molar-refractivity contribution in [2.45, 2.75) is 13.5 Å². The number of amides is 1. The van der Waals surface area contributed by atoms with Crippen molar-refractivity contribution in [3.05, 3.63) is 77.4 Å². The number of benzene rings is 3. The summed E-state index contributed by atoms with van der Waals surface area (Å²) in [5, 5.41) is 5.19. The maximum absolute atomic E-state index is 12.6. The second-order valence-electron chi connectivity index (χ2n) is 6.54. The van der Waals surface area contributed by atoms with Crippen molar-refractivity contribution in [3.63, 3.8) is 0 Å². The highest BCUT2D eigenvalue weighted by Crippen LogP contribution is 2.24. The third-order valence-corrected chi connectivity index (χ3v) is 5.85. The van der Waals surface area contributed by atoms with Crippen molar-refractivity contribution >= 4 is 32.4 Å². The van der Waals surface area contributed by atoms with Gasteiger partial charge < -0.3 is 5.32 Å². The summed E-state index contributed by atoms with van der Waals surface area (Å²) in [6.45, 7) is 2.15. The number of sulfonamides is 1. The van der Waals surface area contributed by atoms with Crippen molar-refractivity contribution < 1.29 is 13.2 Å². The Kier molecular flexibility index (Phi) is 5.19. The van der Waals surface area contributed by atoms with Crippen LogP contribution in [-0.4, -0.2) is 27.6 Å². The fourth-order valence-electron chi connectivity index (χ4n) is 3.02. The monoisotopic (exact) mass is 382 g/mol. The van der Waals surface area contributed by atoms with Crippen LogP contribution in [0.3, 0.4) is 0 Å². The number of carbonyl (C=O) groups is 1. The van der Waals surface area contributed by atoms with Gasteiger partial charge in [-0.05, 0) is 47.0 Å². The number of hydrogen-bond donors (Lipinski definition) is 1. The third-order valence-electron chi connectivity index (χ3n) is 4.65. The zero-order chi connectivity index (χ0) is 19.6. The summed E-state index contributed by atoms with van der Waals surface area (Å²) in [7, 11) is -1.91. The minimum Gasteiger partial charge on any atom is -0.348 e. The van der Waals surface area contributed by atoms with Gasteiger partial charge in [0.2, 0.25) is 10.0 Å². The largest absolute Gasteiger partial charge is 0.348 e. The Morgan fingerprint density at radius 1 is 1.00 bits per heavy atom. The molecule has 27 heavy (non-hydrogen) atoms. The summed E-state index contributed by atoms with van der Waals surface area (Å²) in [6, 6.07) is 19.2. The fourth-order valence-corrected chi connectivity index (χ4v) is 3.57. The number of carbonyl (C=O) groups excluding carboxylic acids is 1. The number of hydrogen-bond acceptors (Lipinski definition) is 3. The minimum absolute atomic E-state index is 0.232. The third kappa shape index (κ3) is 4.11. The van der Waals surface area contributed by atoms with Crippen molar-refractivity contribution in [2.24, 2.45) is 0 Å². The standard InChI is InChI=1S/C21H22N2O3S/c1-15-19(9-6-10-20(15)23(2)27(3,25)26)21(24)22-14-16-11-12-17-7-4-5-8-18(17)13-16/h4-13H,14H2,1-3H3,(H,22,24). The molecule has 0 aromatic heterocycles. The van der Waals surface area contributed by atoms with E-state index in [1.165, 1.54) is 11.4 Å². The fraction of sp³-hybridized carbons (Fsp3) is 0.190. The van der Waals surface area contributed by atoms with Crippen LogP contribution in [0.25, 0.3) is 10.8 Å². The first-order valence-electron chi connectivity index (χ1n) is 8.57. The van der Waals surface area contributed by atoms with Gasteiger partial charge in [0.25, 0.3) is 5.91 Å². The van der Waals surface area contributed by atoms with Crippen LogP contribution in [0.4, 0.5) is 5.69 Å². The molecule has 0 fully saturated rings. The second-order valence-corrected chi connectivity index (χ2v) is 8.56. The van der Waals surface area contributed by atoms with Crippen LogP contribution in [-0.2, 0) is 16.6 Å². The number of rotatable bonds is 5. The zero-order valence-corrected chi connectivity index (χ0v) is 16.4. The first-order chi connectivity index (χ1) is 12.8. The maximum Gasteiger partial charge on any atom is 0.251 e. The number of anilines is 1. The quantitative estimate of drug-likeness (QED) is 0.735. The average Bonchev–Trinajstić information content (AvgIpc) is 2.65. The molecule has 1 N–H and O–H groups in total. The van der Waals surface area contributed by atoms with Gasteiger partial charge >= 0.3 is 0 Å². The Balaban J connectivity index is 1.79. The molecular formula is C21H22N2O3S. The maximum atomic E-state index is 12.6. The first-order valence-corrected chi connectivity index (χ1v) is 10.4. The van der Waals surface area contributed by atoms with E-state index in [4.69, 9.17) is 0 Å². The van der Waals surface area contributed by atoms with Crippen molar-refractivity contribution in [2.75, 3.05) is 17.6 Å². The van der Waals surface area contributed by atoms with Crippen LogP contribution in [0.5, 0.6) is 0 Å². The van der Waals surface area contributed by atoms with Crippen molar-refractivity contribution in [1.29, 1.82) is 0 Å². The molecular weight excluding hydrogens is 360 g/mol. The van der Waals surface area contributed by atoms with Crippen LogP contribution < -0.4 is 9.62 Å². The summed E-state index contributed by atoms with van der Waals surface area (Å²) in [4.78, 5) is 12.6. The number of nitrogens with one attached hydrogen (secondary N) is 1. The Labute approximate surface area is 159 Å². The van der Waals surface area contributed by atoms with Crippen LogP contribution in [0.1, 0.15) is 21.5 Å². The predicted octanol–water partition coefficient (Wildman–Crippen LogP) is 3.47. The number of nitrogens with zero attached hydrogens (tertiary/aromatic N) is 1. The number of fused-ring (bicyclic) bond motifs is 1. The molecule has 140 valence electrons. The van der Waals surface area contributed by atoms with Crippen molar-refractivity contribution in [3.8, 4) is 0 Å². The lowest BCUT2D eigenvalue weighted by Gasteiger charge is -2.20. The molecule has 0 saturated carbocycles. The highest BCUT2D eigenvalue weighted by Gasteiger charge is 2.18. The Morgan fingerprint density at radius 3 is 2.41 bits per heavy atom. The SMILES string of the molecule is Cc1c(C(=O)NCc2ccc3ccccc3c2)cccc1N(C)S(C)(=O)=O. The molecule has 0 heterocycles. The lowest BCUT2D eigenvalue weighted by atomic mass is 10.1. The van der Waals surface area contributed by atoms with Gasteiger partial charge in [-0.1, -0.05) is 42.5 Å². The second kappa shape index (κ2) is 7.40. The van der Waals surface area contributed by atoms with Gasteiger partial charge in [-0.25, -0.2) is 8.42 Å². The van der Waals surface area contributed by atoms with E-state index in [-0.39, 0.29) is 5.91 Å². The van der Waals surface area contributed by atoms with Gasteiger partial charge in [-0.15, -0.1) is 0 Å². The molecule has 0 aliphatic heterocycles. The summed E-state index contributed by atoms with van der Waals surface area (Å²) < 4.78 is 24.8. The van der Waals surface area contributed by atoms with Crippen LogP contribution >= 0.6 is 0 Å². The zero-order valence-electron chi connectivity index (χ0n) is 15.6. The summed E-state index contributed by atoms with van der Waals surface area (Å²) >= 11 is 0. The van der Waals surface area contributed by atoms with Gasteiger partial charge in [-0.2, -0.15) is 0 Å². The average molecular weight is 382 g/mol. The Bertz CT molecular complexity index is 1110. The molecule has 0 aliphatic carbocycles. The molecule has 0 unspecified atom stereocenters. The van der Waals surface area contributed by atoms with Crippen LogP contribution in [0.2, 0.25) is 0 Å². The van der Waals surface area contributed by atoms with E-state index in [2.05, 4.69) is 11.4 Å². The van der Waals surface area contributed by atoms with Gasteiger partial charge in [0.15, 0.2) is 0 Å². The van der Waals surface area contributed by atoms with Gasteiger partial charge in [0, 0.05) is 19.2 Å². The topological polar surface area (TPSA) is 66.5 Å². The molecule has 5 nitrogen and oxygen atoms in total. The minimum atomic E-state index is -3.40. The lowest BCUT2D eigenvalue weighted by Crippen LogP contribution is -2.28. The Morgan fingerprint density at radius 2 is 1.70 bits per heavy atom. The first kappa shape index (κ1) is 18.9. The van der Waals surface area contributed by atoms with Crippen LogP contribution in [0.15, 0.2) is 60.7 Å². The van der Waals surface area contributed by atoms with E-state index in [9.17, 15) is 13.2 Å². The molecule has 0 atom stereocenters. The molecule has 0 saturated heterocycles. The molecule has 0 bridgehead atoms. The van der Waals surface area contributed by atoms with Gasteiger partial charge in [0.05, 0.1) is 11.9 Å². The molecule has 0 spiro atoms. The van der Waals surface area contributed by atoms with Gasteiger partial charge in [-0.3, -0.25) is 9.10 Å². The predicted molar refractivity (Wildman–Crippen MR) is 110 cm³/mol. The summed E-state index contributed by atoms with van der Waals surface area (Å²) in [6.07, 6.45) is 1.14. The molecule has 1 amide bonds. The highest BCUT2D eigenvalue weighted by molar-refractivity contribution is 7.92. The molecule has 0 radical (unpaired) electrons. The van der Waals surface area contributed by atoms with E-state index in [0.717, 1.165) is 22.6 Å². The molecule has 6 heteroatoms. The van der Waals surface area contributed by atoms with Gasteiger partial charge in [0.1, 0.15) is 0 Å². The van der Waals surface area contributed by atoms with Crippen LogP contribution in [0, 0.1) is 6.92 Å². The molecule has 3 aromatic carbocycles. The van der Waals surface area contributed by atoms with E-state index in [1.54, 1.807) is 25.1 Å². The molecule has 3 aromatic rings. The summed E-state index contributed by atoms with van der Waals surface area (Å²) in [5.74, 6) is -0.232. The van der Waals surface area contributed by atoms with E-state index < -0.39 is 10.0 Å². The van der Waals surface area contributed by atoms with E-state index >= 15 is 0 Å². The smallest absolute Gasteiger partial charge is 0.251 e.